The minimum atomic E-state index is -0.187. The average Bonchev–Trinajstić information content (AvgIpc) is 3.41. The molecule has 3 heterocycles. The van der Waals surface area contributed by atoms with Crippen LogP contribution in [0.2, 0.25) is 0 Å². The lowest BCUT2D eigenvalue weighted by Gasteiger charge is -2.36. The molecule has 1 aromatic carbocycles. The van der Waals surface area contributed by atoms with Gasteiger partial charge in [0.2, 0.25) is 11.8 Å². The fourth-order valence-electron chi connectivity index (χ4n) is 4.23. The van der Waals surface area contributed by atoms with Crippen LogP contribution in [0.4, 0.5) is 0 Å². The van der Waals surface area contributed by atoms with Crippen molar-refractivity contribution in [3.8, 4) is 0 Å². The minimum Gasteiger partial charge on any atom is -0.342 e. The zero-order valence-electron chi connectivity index (χ0n) is 15.8. The maximum Gasteiger partial charge on any atom is 0.241 e. The largest absolute Gasteiger partial charge is 0.342 e. The van der Waals surface area contributed by atoms with E-state index in [4.69, 9.17) is 0 Å². The van der Waals surface area contributed by atoms with Crippen LogP contribution in [0.1, 0.15) is 30.9 Å². The molecule has 2 N–H and O–H groups in total. The van der Waals surface area contributed by atoms with E-state index in [9.17, 15) is 9.59 Å². The van der Waals surface area contributed by atoms with Gasteiger partial charge in [-0.15, -0.1) is 0 Å². The first-order chi connectivity index (χ1) is 13.2. The summed E-state index contributed by atoms with van der Waals surface area (Å²) in [5.74, 6) is 0.395. The molecule has 7 heteroatoms. The molecule has 0 bridgehead atoms. The Bertz CT molecular complexity index is 654. The summed E-state index contributed by atoms with van der Waals surface area (Å²) in [6.07, 6.45) is 3.01. The molecule has 7 nitrogen and oxygen atoms in total. The zero-order chi connectivity index (χ0) is 18.6. The number of hydrogen-bond donors (Lipinski definition) is 2. The van der Waals surface area contributed by atoms with Crippen molar-refractivity contribution >= 4 is 11.8 Å². The summed E-state index contributed by atoms with van der Waals surface area (Å²) in [6, 6.07) is 10.2. The molecular formula is C20H29N5O2. The number of carbonyl (C=O) groups excluding carboxylic acids is 2. The summed E-state index contributed by atoms with van der Waals surface area (Å²) in [5, 5.41) is 0. The molecule has 0 saturated carbocycles. The van der Waals surface area contributed by atoms with Gasteiger partial charge in [-0.3, -0.25) is 14.5 Å². The number of likely N-dealkylation sites (tertiary alicyclic amines) is 1. The van der Waals surface area contributed by atoms with Crippen LogP contribution in [0.15, 0.2) is 30.3 Å². The van der Waals surface area contributed by atoms with Crippen molar-refractivity contribution in [2.45, 2.75) is 31.3 Å². The van der Waals surface area contributed by atoms with Crippen molar-refractivity contribution in [2.24, 2.45) is 0 Å². The average molecular weight is 371 g/mol. The van der Waals surface area contributed by atoms with Crippen LogP contribution in [0.3, 0.4) is 0 Å². The van der Waals surface area contributed by atoms with E-state index >= 15 is 0 Å². The van der Waals surface area contributed by atoms with Gasteiger partial charge in [-0.1, -0.05) is 30.3 Å². The fraction of sp³-hybridized carbons (Fsp3) is 0.600. The Balaban J connectivity index is 1.23. The Labute approximate surface area is 160 Å². The topological polar surface area (TPSA) is 67.9 Å². The fourth-order valence-corrected chi connectivity index (χ4v) is 4.23. The van der Waals surface area contributed by atoms with Gasteiger partial charge >= 0.3 is 0 Å². The molecule has 2 unspecified atom stereocenters. The lowest BCUT2D eigenvalue weighted by Crippen LogP contribution is -2.55. The van der Waals surface area contributed by atoms with Crippen molar-refractivity contribution in [3.05, 3.63) is 35.9 Å². The number of benzene rings is 1. The molecule has 3 aliphatic heterocycles. The molecule has 4 rings (SSSR count). The Kier molecular flexibility index (Phi) is 5.71. The normalized spacial score (nSPS) is 26.5. The van der Waals surface area contributed by atoms with Crippen LogP contribution < -0.4 is 10.9 Å². The summed E-state index contributed by atoms with van der Waals surface area (Å²) in [5.41, 5.74) is 7.62. The maximum absolute atomic E-state index is 12.8. The van der Waals surface area contributed by atoms with Gasteiger partial charge in [0.05, 0.1) is 6.54 Å². The van der Waals surface area contributed by atoms with E-state index in [2.05, 4.69) is 27.9 Å². The molecule has 1 aromatic rings. The first kappa shape index (κ1) is 18.4. The smallest absolute Gasteiger partial charge is 0.241 e. The van der Waals surface area contributed by atoms with Gasteiger partial charge in [0, 0.05) is 45.3 Å². The maximum atomic E-state index is 12.8. The molecule has 0 radical (unpaired) electrons. The van der Waals surface area contributed by atoms with Gasteiger partial charge in [0.25, 0.3) is 0 Å². The van der Waals surface area contributed by atoms with Crippen LogP contribution >= 0.6 is 0 Å². The summed E-state index contributed by atoms with van der Waals surface area (Å²) in [4.78, 5) is 31.2. The third-order valence-corrected chi connectivity index (χ3v) is 5.90. The number of piperazine rings is 1. The van der Waals surface area contributed by atoms with Crippen molar-refractivity contribution in [3.63, 3.8) is 0 Å². The molecule has 2 atom stereocenters. The van der Waals surface area contributed by atoms with Crippen molar-refractivity contribution in [1.82, 2.24) is 25.6 Å². The molecule has 3 aliphatic rings. The first-order valence-corrected chi connectivity index (χ1v) is 10.1. The SMILES string of the molecule is O=C(CN1CCN(C(=O)C2CC(c3ccccc3)NN2)CC1)N1CCCC1. The van der Waals surface area contributed by atoms with Crippen LogP contribution in [-0.4, -0.2) is 78.4 Å². The van der Waals surface area contributed by atoms with E-state index in [-0.39, 0.29) is 23.9 Å². The van der Waals surface area contributed by atoms with Crippen LogP contribution in [0.5, 0.6) is 0 Å². The summed E-state index contributed by atoms with van der Waals surface area (Å²) < 4.78 is 0. The second-order valence-electron chi connectivity index (χ2n) is 7.73. The lowest BCUT2D eigenvalue weighted by atomic mass is 10.0. The third-order valence-electron chi connectivity index (χ3n) is 5.90. The minimum absolute atomic E-state index is 0.159. The highest BCUT2D eigenvalue weighted by Gasteiger charge is 2.34. The van der Waals surface area contributed by atoms with E-state index in [1.807, 2.05) is 28.0 Å². The molecule has 2 amide bonds. The molecular weight excluding hydrogens is 342 g/mol. The van der Waals surface area contributed by atoms with E-state index in [1.54, 1.807) is 0 Å². The van der Waals surface area contributed by atoms with Crippen molar-refractivity contribution in [1.29, 1.82) is 0 Å². The number of nitrogens with one attached hydrogen (secondary N) is 2. The molecule has 27 heavy (non-hydrogen) atoms. The Hall–Kier alpha value is -1.96. The predicted octanol–water partition coefficient (Wildman–Crippen LogP) is 0.361. The number of nitrogens with zero attached hydrogens (tertiary/aromatic N) is 3. The van der Waals surface area contributed by atoms with Gasteiger partial charge in [0.15, 0.2) is 0 Å². The highest BCUT2D eigenvalue weighted by Crippen LogP contribution is 2.23. The highest BCUT2D eigenvalue weighted by molar-refractivity contribution is 5.82. The van der Waals surface area contributed by atoms with Gasteiger partial charge in [-0.25, -0.2) is 10.9 Å². The second kappa shape index (κ2) is 8.37. The summed E-state index contributed by atoms with van der Waals surface area (Å²) in [7, 11) is 0. The lowest BCUT2D eigenvalue weighted by molar-refractivity contribution is -0.136. The molecule has 0 aliphatic carbocycles. The summed E-state index contributed by atoms with van der Waals surface area (Å²) >= 11 is 0. The Morgan fingerprint density at radius 3 is 2.30 bits per heavy atom. The number of amides is 2. The monoisotopic (exact) mass is 371 g/mol. The zero-order valence-corrected chi connectivity index (χ0v) is 15.8. The molecule has 0 aromatic heterocycles. The number of hydrogen-bond acceptors (Lipinski definition) is 5. The Morgan fingerprint density at radius 1 is 0.889 bits per heavy atom. The van der Waals surface area contributed by atoms with Gasteiger partial charge in [0.1, 0.15) is 6.04 Å². The number of rotatable bonds is 4. The van der Waals surface area contributed by atoms with Gasteiger partial charge in [-0.2, -0.15) is 0 Å². The third kappa shape index (κ3) is 4.31. The van der Waals surface area contributed by atoms with Crippen molar-refractivity contribution < 1.29 is 9.59 Å². The molecule has 3 saturated heterocycles. The van der Waals surface area contributed by atoms with E-state index in [0.717, 1.165) is 45.4 Å². The van der Waals surface area contributed by atoms with Gasteiger partial charge < -0.3 is 9.80 Å². The van der Waals surface area contributed by atoms with Crippen molar-refractivity contribution in [2.75, 3.05) is 45.8 Å². The molecule has 146 valence electrons. The quantitative estimate of drug-likeness (QED) is 0.800. The predicted molar refractivity (Wildman–Crippen MR) is 103 cm³/mol. The Morgan fingerprint density at radius 2 is 1.59 bits per heavy atom. The van der Waals surface area contributed by atoms with Gasteiger partial charge in [-0.05, 0) is 24.8 Å². The first-order valence-electron chi connectivity index (χ1n) is 10.1. The standard InChI is InChI=1S/C20H29N5O2/c26-19(24-8-4-5-9-24)15-23-10-12-25(13-11-23)20(27)18-14-17(21-22-18)16-6-2-1-3-7-16/h1-3,6-7,17-18,21-22H,4-5,8-15H2. The number of hydrazine groups is 1. The van der Waals surface area contributed by atoms with E-state index in [1.165, 1.54) is 5.56 Å². The van der Waals surface area contributed by atoms with Crippen LogP contribution in [0.25, 0.3) is 0 Å². The van der Waals surface area contributed by atoms with E-state index < -0.39 is 0 Å². The molecule has 3 fully saturated rings. The summed E-state index contributed by atoms with van der Waals surface area (Å²) in [6.45, 7) is 5.23. The highest BCUT2D eigenvalue weighted by atomic mass is 16.2. The van der Waals surface area contributed by atoms with Crippen LogP contribution in [0, 0.1) is 0 Å². The van der Waals surface area contributed by atoms with Crippen LogP contribution in [-0.2, 0) is 9.59 Å². The number of carbonyl (C=O) groups is 2. The second-order valence-corrected chi connectivity index (χ2v) is 7.73. The molecule has 0 spiro atoms. The van der Waals surface area contributed by atoms with E-state index in [0.29, 0.717) is 19.6 Å².